The molecule has 1 aliphatic carbocycles. The molecule has 4 nitrogen and oxygen atoms in total. The van der Waals surface area contributed by atoms with Crippen LogP contribution in [0.4, 0.5) is 5.69 Å². The lowest BCUT2D eigenvalue weighted by molar-refractivity contribution is -0.128. The number of aryl methyl sites for hydroxylation is 1. The van der Waals surface area contributed by atoms with Crippen LogP contribution in [0.5, 0.6) is 0 Å². The Bertz CT molecular complexity index is 498. The lowest BCUT2D eigenvalue weighted by atomic mass is 9.67. The first kappa shape index (κ1) is 18.2. The van der Waals surface area contributed by atoms with E-state index in [0.717, 1.165) is 30.9 Å². The normalized spacial score (nSPS) is 27.0. The average Bonchev–Trinajstić information content (AvgIpc) is 2.83. The van der Waals surface area contributed by atoms with Crippen LogP contribution in [0.2, 0.25) is 0 Å². The number of nitrogens with zero attached hydrogens (tertiary/aromatic N) is 1. The van der Waals surface area contributed by atoms with Gasteiger partial charge in [0.25, 0.3) is 0 Å². The average molecular weight is 332 g/mol. The van der Waals surface area contributed by atoms with Crippen LogP contribution in [0.25, 0.3) is 0 Å². The van der Waals surface area contributed by atoms with Crippen molar-refractivity contribution < 1.29 is 4.79 Å². The fourth-order valence-corrected chi connectivity index (χ4v) is 3.57. The van der Waals surface area contributed by atoms with Crippen molar-refractivity contribution in [3.05, 3.63) is 24.0 Å². The quantitative estimate of drug-likeness (QED) is 0.875. The van der Waals surface area contributed by atoms with Crippen LogP contribution in [0, 0.1) is 18.3 Å². The number of carbonyl (C=O) groups excluding carboxylic acids is 1. The van der Waals surface area contributed by atoms with Crippen molar-refractivity contribution in [3.63, 3.8) is 0 Å². The van der Waals surface area contributed by atoms with E-state index in [2.05, 4.69) is 15.6 Å². The second-order valence-electron chi connectivity index (χ2n) is 5.87. The molecule has 1 aliphatic heterocycles. The van der Waals surface area contributed by atoms with Crippen molar-refractivity contribution >= 4 is 36.4 Å². The third-order valence-corrected chi connectivity index (χ3v) is 4.64. The van der Waals surface area contributed by atoms with Gasteiger partial charge in [-0.2, -0.15) is 0 Å². The summed E-state index contributed by atoms with van der Waals surface area (Å²) < 4.78 is 0. The molecule has 0 bridgehead atoms. The lowest BCUT2D eigenvalue weighted by Gasteiger charge is -2.37. The van der Waals surface area contributed by atoms with Crippen molar-refractivity contribution in [2.24, 2.45) is 11.3 Å². The van der Waals surface area contributed by atoms with E-state index in [1.54, 1.807) is 6.20 Å². The molecule has 0 spiro atoms. The third kappa shape index (κ3) is 3.50. The van der Waals surface area contributed by atoms with Crippen LogP contribution < -0.4 is 10.6 Å². The Morgan fingerprint density at radius 1 is 1.43 bits per heavy atom. The summed E-state index contributed by atoms with van der Waals surface area (Å²) in [6, 6.07) is 3.79. The Kier molecular flexibility index (Phi) is 6.44. The number of carbonyl (C=O) groups is 1. The zero-order valence-corrected chi connectivity index (χ0v) is 13.9. The first-order valence-electron chi connectivity index (χ1n) is 7.15. The van der Waals surface area contributed by atoms with Gasteiger partial charge in [0.2, 0.25) is 5.91 Å². The molecule has 2 atom stereocenters. The maximum Gasteiger partial charge on any atom is 0.232 e. The molecule has 2 aliphatic rings. The molecule has 1 aromatic heterocycles. The monoisotopic (exact) mass is 331 g/mol. The molecule has 2 N–H and O–H groups in total. The van der Waals surface area contributed by atoms with Gasteiger partial charge < -0.3 is 10.6 Å². The van der Waals surface area contributed by atoms with Crippen molar-refractivity contribution in [1.82, 2.24) is 10.3 Å². The van der Waals surface area contributed by atoms with Crippen LogP contribution in [-0.4, -0.2) is 24.0 Å². The molecule has 2 heterocycles. The summed E-state index contributed by atoms with van der Waals surface area (Å²) in [7, 11) is 0. The van der Waals surface area contributed by atoms with Crippen LogP contribution in [0.3, 0.4) is 0 Å². The lowest BCUT2D eigenvalue weighted by Crippen LogP contribution is -2.44. The SMILES string of the molecule is Cc1cc(NC(=O)[C@@]23CCCC[C@H]2CNC3)ccn1.Cl.Cl. The highest BCUT2D eigenvalue weighted by molar-refractivity contribution is 5.96. The van der Waals surface area contributed by atoms with Gasteiger partial charge >= 0.3 is 0 Å². The maximum absolute atomic E-state index is 12.7. The van der Waals surface area contributed by atoms with Gasteiger partial charge in [-0.15, -0.1) is 24.8 Å². The molecule has 21 heavy (non-hydrogen) atoms. The van der Waals surface area contributed by atoms with Gasteiger partial charge in [-0.25, -0.2) is 0 Å². The second-order valence-corrected chi connectivity index (χ2v) is 5.87. The van der Waals surface area contributed by atoms with Gasteiger partial charge in [-0.3, -0.25) is 9.78 Å². The first-order valence-corrected chi connectivity index (χ1v) is 7.15. The number of aromatic nitrogens is 1. The zero-order valence-electron chi connectivity index (χ0n) is 12.2. The number of anilines is 1. The number of halogens is 2. The summed E-state index contributed by atoms with van der Waals surface area (Å²) >= 11 is 0. The molecular formula is C15H23Cl2N3O. The minimum atomic E-state index is -0.185. The third-order valence-electron chi connectivity index (χ3n) is 4.64. The van der Waals surface area contributed by atoms with Gasteiger partial charge in [-0.1, -0.05) is 12.8 Å². The Balaban J connectivity index is 0.00000110. The fraction of sp³-hybridized carbons (Fsp3) is 0.600. The number of amides is 1. The van der Waals surface area contributed by atoms with Gasteiger partial charge in [0.05, 0.1) is 5.41 Å². The molecule has 1 saturated carbocycles. The smallest absolute Gasteiger partial charge is 0.232 e. The number of nitrogens with one attached hydrogen (secondary N) is 2. The summed E-state index contributed by atoms with van der Waals surface area (Å²) in [6.45, 7) is 3.75. The van der Waals surface area contributed by atoms with Gasteiger partial charge in [0, 0.05) is 24.1 Å². The minimum Gasteiger partial charge on any atom is -0.325 e. The molecule has 3 rings (SSSR count). The predicted molar refractivity (Wildman–Crippen MR) is 89.4 cm³/mol. The van der Waals surface area contributed by atoms with E-state index in [1.807, 2.05) is 19.1 Å². The molecule has 0 aromatic carbocycles. The van der Waals surface area contributed by atoms with Gasteiger partial charge in [0.15, 0.2) is 0 Å². The number of fused-ring (bicyclic) bond motifs is 1. The van der Waals surface area contributed by atoms with Crippen LogP contribution in [0.1, 0.15) is 31.4 Å². The highest BCUT2D eigenvalue weighted by atomic mass is 35.5. The Hall–Kier alpha value is -0.840. The van der Waals surface area contributed by atoms with Gasteiger partial charge in [-0.05, 0) is 44.4 Å². The Morgan fingerprint density at radius 3 is 3.00 bits per heavy atom. The van der Waals surface area contributed by atoms with Crippen molar-refractivity contribution in [3.8, 4) is 0 Å². The second kappa shape index (κ2) is 7.43. The molecule has 1 saturated heterocycles. The van der Waals surface area contributed by atoms with E-state index in [-0.39, 0.29) is 36.1 Å². The predicted octanol–water partition coefficient (Wildman–Crippen LogP) is 2.95. The number of hydrogen-bond acceptors (Lipinski definition) is 3. The summed E-state index contributed by atoms with van der Waals surface area (Å²) in [5.41, 5.74) is 1.61. The Morgan fingerprint density at radius 2 is 2.24 bits per heavy atom. The highest BCUT2D eigenvalue weighted by Gasteiger charge is 2.49. The first-order chi connectivity index (χ1) is 9.21. The topological polar surface area (TPSA) is 54.0 Å². The number of rotatable bonds is 2. The zero-order chi connectivity index (χ0) is 13.3. The van der Waals surface area contributed by atoms with E-state index < -0.39 is 0 Å². The van der Waals surface area contributed by atoms with E-state index in [9.17, 15) is 4.79 Å². The number of pyridine rings is 1. The Labute approximate surface area is 138 Å². The molecular weight excluding hydrogens is 309 g/mol. The largest absolute Gasteiger partial charge is 0.325 e. The summed E-state index contributed by atoms with van der Waals surface area (Å²) in [6.07, 6.45) is 6.36. The number of hydrogen-bond donors (Lipinski definition) is 2. The van der Waals surface area contributed by atoms with Crippen LogP contribution >= 0.6 is 24.8 Å². The molecule has 1 amide bonds. The highest BCUT2D eigenvalue weighted by Crippen LogP contribution is 2.44. The van der Waals surface area contributed by atoms with E-state index in [0.29, 0.717) is 5.92 Å². The van der Waals surface area contributed by atoms with E-state index in [1.165, 1.54) is 19.3 Å². The van der Waals surface area contributed by atoms with Crippen LogP contribution in [0.15, 0.2) is 18.3 Å². The molecule has 2 fully saturated rings. The standard InChI is InChI=1S/C15H21N3O.2ClH/c1-11-8-13(5-7-17-11)18-14(19)15-6-3-2-4-12(15)9-16-10-15;;/h5,7-8,12,16H,2-4,6,9-10H2,1H3,(H,17,18,19);2*1H/t12-,15+;;/m0../s1. The summed E-state index contributed by atoms with van der Waals surface area (Å²) in [4.78, 5) is 16.9. The molecule has 6 heteroatoms. The van der Waals surface area contributed by atoms with E-state index >= 15 is 0 Å². The molecule has 0 unspecified atom stereocenters. The van der Waals surface area contributed by atoms with Crippen molar-refractivity contribution in [2.75, 3.05) is 18.4 Å². The van der Waals surface area contributed by atoms with E-state index in [4.69, 9.17) is 0 Å². The molecule has 1 aromatic rings. The summed E-state index contributed by atoms with van der Waals surface area (Å²) in [5.74, 6) is 0.692. The maximum atomic E-state index is 12.7. The van der Waals surface area contributed by atoms with Crippen molar-refractivity contribution in [1.29, 1.82) is 0 Å². The minimum absolute atomic E-state index is 0. The molecule has 118 valence electrons. The van der Waals surface area contributed by atoms with Crippen LogP contribution in [-0.2, 0) is 4.79 Å². The molecule has 0 radical (unpaired) electrons. The van der Waals surface area contributed by atoms with Crippen molar-refractivity contribution in [2.45, 2.75) is 32.6 Å². The fourth-order valence-electron chi connectivity index (χ4n) is 3.57. The summed E-state index contributed by atoms with van der Waals surface area (Å²) in [5, 5.41) is 6.51. The van der Waals surface area contributed by atoms with Gasteiger partial charge in [0.1, 0.15) is 0 Å².